The SMILES string of the molecule is C=CC1CCC1(C)CC. The monoisotopic (exact) mass is 124 g/mol. The minimum Gasteiger partial charge on any atom is -0.103 e. The van der Waals surface area contributed by atoms with Crippen LogP contribution in [0.25, 0.3) is 0 Å². The highest BCUT2D eigenvalue weighted by Gasteiger charge is 2.38. The van der Waals surface area contributed by atoms with Crippen LogP contribution in [0.2, 0.25) is 0 Å². The molecule has 0 N–H and O–H groups in total. The van der Waals surface area contributed by atoms with Gasteiger partial charge in [0.2, 0.25) is 0 Å². The molecule has 0 heteroatoms. The van der Waals surface area contributed by atoms with Crippen molar-refractivity contribution in [1.29, 1.82) is 0 Å². The van der Waals surface area contributed by atoms with Gasteiger partial charge in [-0.15, -0.1) is 6.58 Å². The van der Waals surface area contributed by atoms with Crippen molar-refractivity contribution in [2.45, 2.75) is 33.1 Å². The summed E-state index contributed by atoms with van der Waals surface area (Å²) in [6.45, 7) is 8.46. The molecule has 2 atom stereocenters. The zero-order chi connectivity index (χ0) is 6.91. The summed E-state index contributed by atoms with van der Waals surface area (Å²) < 4.78 is 0. The summed E-state index contributed by atoms with van der Waals surface area (Å²) in [4.78, 5) is 0. The molecule has 0 aromatic rings. The number of hydrogen-bond donors (Lipinski definition) is 0. The van der Waals surface area contributed by atoms with Crippen LogP contribution in [0.5, 0.6) is 0 Å². The molecule has 1 rings (SSSR count). The summed E-state index contributed by atoms with van der Waals surface area (Å²) in [5, 5.41) is 0. The standard InChI is InChI=1S/C9H16/c1-4-8-6-7-9(8,3)5-2/h4,8H,1,5-7H2,2-3H3. The summed E-state index contributed by atoms with van der Waals surface area (Å²) >= 11 is 0. The van der Waals surface area contributed by atoms with Gasteiger partial charge in [0.05, 0.1) is 0 Å². The van der Waals surface area contributed by atoms with Gasteiger partial charge in [-0.1, -0.05) is 26.3 Å². The first-order valence-corrected chi connectivity index (χ1v) is 3.85. The van der Waals surface area contributed by atoms with Crippen molar-refractivity contribution < 1.29 is 0 Å². The van der Waals surface area contributed by atoms with Crippen molar-refractivity contribution in [3.63, 3.8) is 0 Å². The number of hydrogen-bond acceptors (Lipinski definition) is 0. The Morgan fingerprint density at radius 3 is 2.56 bits per heavy atom. The Morgan fingerprint density at radius 2 is 2.44 bits per heavy atom. The van der Waals surface area contributed by atoms with Crippen molar-refractivity contribution in [3.8, 4) is 0 Å². The largest absolute Gasteiger partial charge is 0.103 e. The second kappa shape index (κ2) is 2.17. The maximum absolute atomic E-state index is 3.83. The molecule has 1 fully saturated rings. The maximum atomic E-state index is 3.83. The number of allylic oxidation sites excluding steroid dienone is 1. The van der Waals surface area contributed by atoms with E-state index in [0.717, 1.165) is 5.92 Å². The molecular weight excluding hydrogens is 108 g/mol. The van der Waals surface area contributed by atoms with Gasteiger partial charge in [0, 0.05) is 0 Å². The van der Waals surface area contributed by atoms with Crippen LogP contribution in [0.15, 0.2) is 12.7 Å². The summed E-state index contributed by atoms with van der Waals surface area (Å²) in [5.41, 5.74) is 0.613. The van der Waals surface area contributed by atoms with Crippen molar-refractivity contribution in [3.05, 3.63) is 12.7 Å². The van der Waals surface area contributed by atoms with Crippen LogP contribution in [0.4, 0.5) is 0 Å². The molecule has 2 unspecified atom stereocenters. The van der Waals surface area contributed by atoms with E-state index in [1.165, 1.54) is 19.3 Å². The predicted octanol–water partition coefficient (Wildman–Crippen LogP) is 3.00. The van der Waals surface area contributed by atoms with E-state index < -0.39 is 0 Å². The second-order valence-corrected chi connectivity index (χ2v) is 3.39. The topological polar surface area (TPSA) is 0 Å². The molecule has 1 aliphatic rings. The number of rotatable bonds is 2. The van der Waals surface area contributed by atoms with Gasteiger partial charge in [-0.05, 0) is 24.2 Å². The fraction of sp³-hybridized carbons (Fsp3) is 0.778. The first kappa shape index (κ1) is 6.85. The predicted molar refractivity (Wildman–Crippen MR) is 41.3 cm³/mol. The molecule has 0 bridgehead atoms. The molecule has 0 aromatic heterocycles. The molecule has 0 saturated heterocycles. The third-order valence-electron chi connectivity index (χ3n) is 3.01. The van der Waals surface area contributed by atoms with E-state index >= 15 is 0 Å². The average molecular weight is 124 g/mol. The smallest absolute Gasteiger partial charge is 0.0182 e. The van der Waals surface area contributed by atoms with E-state index in [-0.39, 0.29) is 0 Å². The van der Waals surface area contributed by atoms with E-state index in [2.05, 4.69) is 26.5 Å². The van der Waals surface area contributed by atoms with Crippen molar-refractivity contribution in [2.75, 3.05) is 0 Å². The fourth-order valence-electron chi connectivity index (χ4n) is 1.65. The zero-order valence-corrected chi connectivity index (χ0v) is 6.48. The van der Waals surface area contributed by atoms with Crippen LogP contribution in [-0.2, 0) is 0 Å². The van der Waals surface area contributed by atoms with Gasteiger partial charge in [-0.2, -0.15) is 0 Å². The molecule has 0 heterocycles. The maximum Gasteiger partial charge on any atom is -0.0182 e. The van der Waals surface area contributed by atoms with Crippen LogP contribution in [0.3, 0.4) is 0 Å². The van der Waals surface area contributed by atoms with E-state index in [4.69, 9.17) is 0 Å². The van der Waals surface area contributed by atoms with Crippen molar-refractivity contribution in [1.82, 2.24) is 0 Å². The molecule has 0 aromatic carbocycles. The Labute approximate surface area is 58.0 Å². The average Bonchev–Trinajstić information content (AvgIpc) is 1.85. The van der Waals surface area contributed by atoms with E-state index in [1.807, 2.05) is 0 Å². The Hall–Kier alpha value is -0.260. The molecule has 0 aliphatic heterocycles. The van der Waals surface area contributed by atoms with Crippen LogP contribution in [0.1, 0.15) is 33.1 Å². The van der Waals surface area contributed by atoms with Gasteiger partial charge in [-0.3, -0.25) is 0 Å². The quantitative estimate of drug-likeness (QED) is 0.496. The first-order chi connectivity index (χ1) is 4.23. The molecule has 1 saturated carbocycles. The summed E-state index contributed by atoms with van der Waals surface area (Å²) in [6.07, 6.45) is 6.20. The molecule has 9 heavy (non-hydrogen) atoms. The van der Waals surface area contributed by atoms with E-state index in [0.29, 0.717) is 5.41 Å². The highest BCUT2D eigenvalue weighted by atomic mass is 14.4. The Bertz CT molecular complexity index is 111. The third-order valence-corrected chi connectivity index (χ3v) is 3.01. The van der Waals surface area contributed by atoms with Gasteiger partial charge in [-0.25, -0.2) is 0 Å². The Morgan fingerprint density at radius 1 is 1.78 bits per heavy atom. The summed E-state index contributed by atoms with van der Waals surface area (Å²) in [6, 6.07) is 0. The van der Waals surface area contributed by atoms with Crippen LogP contribution in [0, 0.1) is 11.3 Å². The van der Waals surface area contributed by atoms with Crippen LogP contribution < -0.4 is 0 Å². The van der Waals surface area contributed by atoms with Crippen molar-refractivity contribution >= 4 is 0 Å². The molecule has 52 valence electrons. The van der Waals surface area contributed by atoms with E-state index in [1.54, 1.807) is 0 Å². The fourth-order valence-corrected chi connectivity index (χ4v) is 1.65. The van der Waals surface area contributed by atoms with Gasteiger partial charge in [0.15, 0.2) is 0 Å². The lowest BCUT2D eigenvalue weighted by Gasteiger charge is -2.45. The Balaban J connectivity index is 2.50. The first-order valence-electron chi connectivity index (χ1n) is 3.85. The molecule has 0 radical (unpaired) electrons. The van der Waals surface area contributed by atoms with Gasteiger partial charge in [0.1, 0.15) is 0 Å². The lowest BCUT2D eigenvalue weighted by atomic mass is 9.60. The second-order valence-electron chi connectivity index (χ2n) is 3.39. The van der Waals surface area contributed by atoms with Crippen LogP contribution in [-0.4, -0.2) is 0 Å². The lowest BCUT2D eigenvalue weighted by molar-refractivity contribution is 0.0845. The summed E-state index contributed by atoms with van der Waals surface area (Å²) in [5.74, 6) is 0.808. The van der Waals surface area contributed by atoms with Gasteiger partial charge < -0.3 is 0 Å². The van der Waals surface area contributed by atoms with Crippen molar-refractivity contribution in [2.24, 2.45) is 11.3 Å². The minimum atomic E-state index is 0.613. The van der Waals surface area contributed by atoms with E-state index in [9.17, 15) is 0 Å². The normalized spacial score (nSPS) is 41.8. The van der Waals surface area contributed by atoms with Gasteiger partial charge >= 0.3 is 0 Å². The molecule has 0 spiro atoms. The van der Waals surface area contributed by atoms with Crippen LogP contribution >= 0.6 is 0 Å². The minimum absolute atomic E-state index is 0.613. The summed E-state index contributed by atoms with van der Waals surface area (Å²) in [7, 11) is 0. The third kappa shape index (κ3) is 0.910. The molecule has 1 aliphatic carbocycles. The van der Waals surface area contributed by atoms with Gasteiger partial charge in [0.25, 0.3) is 0 Å². The zero-order valence-electron chi connectivity index (χ0n) is 6.48. The Kier molecular flexibility index (Phi) is 1.65. The lowest BCUT2D eigenvalue weighted by Crippen LogP contribution is -2.35. The molecular formula is C9H16. The molecule has 0 amide bonds. The highest BCUT2D eigenvalue weighted by Crippen LogP contribution is 2.49. The molecule has 0 nitrogen and oxygen atoms in total. The highest BCUT2D eigenvalue weighted by molar-refractivity contribution is 4.99.